The Labute approximate surface area is 157 Å². The fourth-order valence-electron chi connectivity index (χ4n) is 2.60. The molecule has 0 bridgehead atoms. The molecule has 2 aromatic carbocycles. The molecule has 0 aliphatic rings. The molecule has 1 heterocycles. The van der Waals surface area contributed by atoms with Gasteiger partial charge in [0, 0.05) is 17.5 Å². The second-order valence-corrected chi connectivity index (χ2v) is 5.86. The Kier molecular flexibility index (Phi) is 6.02. The number of nitrogens with one attached hydrogen (secondary N) is 1. The Morgan fingerprint density at radius 2 is 2.07 bits per heavy atom. The number of aromatic amines is 1. The zero-order valence-electron chi connectivity index (χ0n) is 15.1. The van der Waals surface area contributed by atoms with Gasteiger partial charge in [0.1, 0.15) is 0 Å². The molecule has 3 rings (SSSR count). The highest BCUT2D eigenvalue weighted by Gasteiger charge is 2.17. The lowest BCUT2D eigenvalue weighted by Gasteiger charge is -2.21. The molecule has 0 radical (unpaired) electrons. The summed E-state index contributed by atoms with van der Waals surface area (Å²) in [5.74, 6) is 0.312. The number of nitrogens with two attached hydrogens (primary N) is 1. The summed E-state index contributed by atoms with van der Waals surface area (Å²) in [4.78, 5) is 18.8. The van der Waals surface area contributed by atoms with Crippen molar-refractivity contribution in [2.24, 2.45) is 5.73 Å². The van der Waals surface area contributed by atoms with E-state index in [1.165, 1.54) is 5.06 Å². The fourth-order valence-corrected chi connectivity index (χ4v) is 2.60. The first-order valence-electron chi connectivity index (χ1n) is 8.77. The number of carbonyl (C=O) groups excluding carboxylic acids is 1. The summed E-state index contributed by atoms with van der Waals surface area (Å²) in [5, 5.41) is 9.07. The molecular weight excluding hydrogens is 340 g/mol. The van der Waals surface area contributed by atoms with Crippen molar-refractivity contribution in [3.8, 4) is 0 Å². The number of H-pyrrole nitrogens is 1. The molecule has 0 aliphatic carbocycles. The van der Waals surface area contributed by atoms with Gasteiger partial charge in [-0.3, -0.25) is 9.89 Å². The third kappa shape index (κ3) is 4.62. The average Bonchev–Trinajstić information content (AvgIpc) is 3.18. The van der Waals surface area contributed by atoms with Gasteiger partial charge in [0.25, 0.3) is 5.91 Å². The maximum absolute atomic E-state index is 12.9. The van der Waals surface area contributed by atoms with E-state index < -0.39 is 0 Å². The summed E-state index contributed by atoms with van der Waals surface area (Å²) in [6.07, 6.45) is 7.10. The second-order valence-electron chi connectivity index (χ2n) is 5.86. The SMILES string of the molecule is CCN(OC(/C=C\CN)=C/c1ccccc1)C(=O)c1ccc2[nH]ncc2c1. The van der Waals surface area contributed by atoms with Gasteiger partial charge in [0.05, 0.1) is 18.3 Å². The van der Waals surface area contributed by atoms with Crippen molar-refractivity contribution in [3.63, 3.8) is 0 Å². The van der Waals surface area contributed by atoms with Crippen LogP contribution >= 0.6 is 0 Å². The summed E-state index contributed by atoms with van der Waals surface area (Å²) in [5.41, 5.74) is 7.95. The molecule has 138 valence electrons. The van der Waals surface area contributed by atoms with Gasteiger partial charge in [-0.15, -0.1) is 0 Å². The lowest BCUT2D eigenvalue weighted by molar-refractivity contribution is -0.0755. The Hall–Kier alpha value is -3.38. The van der Waals surface area contributed by atoms with E-state index in [9.17, 15) is 4.79 Å². The molecule has 3 N–H and O–H groups in total. The zero-order chi connectivity index (χ0) is 19.1. The largest absolute Gasteiger partial charge is 0.377 e. The van der Waals surface area contributed by atoms with Crippen LogP contribution in [0.25, 0.3) is 17.0 Å². The van der Waals surface area contributed by atoms with Crippen molar-refractivity contribution in [1.29, 1.82) is 0 Å². The van der Waals surface area contributed by atoms with Crippen molar-refractivity contribution in [1.82, 2.24) is 15.3 Å². The lowest BCUT2D eigenvalue weighted by Crippen LogP contribution is -2.30. The van der Waals surface area contributed by atoms with E-state index in [1.54, 1.807) is 30.5 Å². The lowest BCUT2D eigenvalue weighted by atomic mass is 10.1. The number of hydrogen-bond donors (Lipinski definition) is 2. The van der Waals surface area contributed by atoms with E-state index in [4.69, 9.17) is 10.6 Å². The zero-order valence-corrected chi connectivity index (χ0v) is 15.1. The van der Waals surface area contributed by atoms with Crippen LogP contribution in [0.2, 0.25) is 0 Å². The normalized spacial score (nSPS) is 11.9. The number of hydroxylamine groups is 2. The highest BCUT2D eigenvalue weighted by molar-refractivity contribution is 5.97. The maximum Gasteiger partial charge on any atom is 0.286 e. The van der Waals surface area contributed by atoms with E-state index in [0.29, 0.717) is 24.4 Å². The molecule has 0 fully saturated rings. The minimum atomic E-state index is -0.222. The van der Waals surface area contributed by atoms with E-state index in [0.717, 1.165) is 16.5 Å². The van der Waals surface area contributed by atoms with E-state index in [2.05, 4.69) is 10.2 Å². The van der Waals surface area contributed by atoms with E-state index in [-0.39, 0.29) is 5.91 Å². The summed E-state index contributed by atoms with van der Waals surface area (Å²) >= 11 is 0. The van der Waals surface area contributed by atoms with Crippen molar-refractivity contribution < 1.29 is 9.63 Å². The number of aromatic nitrogens is 2. The Bertz CT molecular complexity index is 960. The van der Waals surface area contributed by atoms with Crippen LogP contribution in [-0.4, -0.2) is 34.3 Å². The molecule has 6 nitrogen and oxygen atoms in total. The third-order valence-corrected chi connectivity index (χ3v) is 3.94. The number of allylic oxidation sites excluding steroid dienone is 1. The van der Waals surface area contributed by atoms with Gasteiger partial charge >= 0.3 is 0 Å². The molecule has 1 amide bonds. The van der Waals surface area contributed by atoms with Gasteiger partial charge in [-0.25, -0.2) is 0 Å². The second kappa shape index (κ2) is 8.82. The molecule has 0 spiro atoms. The first kappa shape index (κ1) is 18.4. The number of carbonyl (C=O) groups is 1. The molecule has 0 atom stereocenters. The Morgan fingerprint density at radius 1 is 1.26 bits per heavy atom. The van der Waals surface area contributed by atoms with Crippen LogP contribution in [0.3, 0.4) is 0 Å². The minimum absolute atomic E-state index is 0.222. The molecular formula is C21H22N4O2. The highest BCUT2D eigenvalue weighted by atomic mass is 16.7. The van der Waals surface area contributed by atoms with Crippen LogP contribution in [0.5, 0.6) is 0 Å². The summed E-state index contributed by atoms with van der Waals surface area (Å²) in [7, 11) is 0. The standard InChI is InChI=1S/C21H22N4O2/c1-2-25(21(26)17-10-11-20-18(14-17)15-23-24-20)27-19(9-6-12-22)13-16-7-4-3-5-8-16/h3-11,13-15H,2,12,22H2,1H3,(H,23,24)/b9-6-,19-13+. The number of amides is 1. The summed E-state index contributed by atoms with van der Waals surface area (Å²) in [6, 6.07) is 15.1. The van der Waals surface area contributed by atoms with Gasteiger partial charge in [0.15, 0.2) is 5.76 Å². The summed E-state index contributed by atoms with van der Waals surface area (Å²) in [6.45, 7) is 2.64. The van der Waals surface area contributed by atoms with Gasteiger partial charge in [-0.1, -0.05) is 36.4 Å². The topological polar surface area (TPSA) is 84.2 Å². The fraction of sp³-hybridized carbons (Fsp3) is 0.143. The van der Waals surface area contributed by atoms with Crippen LogP contribution in [0.15, 0.2) is 72.6 Å². The maximum atomic E-state index is 12.9. The molecule has 3 aromatic rings. The van der Waals surface area contributed by atoms with Gasteiger partial charge < -0.3 is 10.6 Å². The number of fused-ring (bicyclic) bond motifs is 1. The number of hydrogen-bond acceptors (Lipinski definition) is 4. The molecule has 0 aliphatic heterocycles. The molecule has 1 aromatic heterocycles. The first-order valence-corrected chi connectivity index (χ1v) is 8.77. The van der Waals surface area contributed by atoms with Crippen LogP contribution in [0, 0.1) is 0 Å². The van der Waals surface area contributed by atoms with Gasteiger partial charge in [-0.2, -0.15) is 10.2 Å². The van der Waals surface area contributed by atoms with Crippen LogP contribution < -0.4 is 5.73 Å². The predicted molar refractivity (Wildman–Crippen MR) is 107 cm³/mol. The van der Waals surface area contributed by atoms with E-state index >= 15 is 0 Å². The molecule has 27 heavy (non-hydrogen) atoms. The van der Waals surface area contributed by atoms with Crippen molar-refractivity contribution in [3.05, 3.63) is 83.8 Å². The monoisotopic (exact) mass is 362 g/mol. The van der Waals surface area contributed by atoms with Crippen LogP contribution in [0.4, 0.5) is 0 Å². The van der Waals surface area contributed by atoms with E-state index in [1.807, 2.05) is 49.4 Å². The smallest absolute Gasteiger partial charge is 0.286 e. The Morgan fingerprint density at radius 3 is 2.81 bits per heavy atom. The number of benzene rings is 2. The third-order valence-electron chi connectivity index (χ3n) is 3.94. The van der Waals surface area contributed by atoms with Crippen molar-refractivity contribution >= 4 is 22.9 Å². The first-order chi connectivity index (χ1) is 13.2. The number of nitrogens with zero attached hydrogens (tertiary/aromatic N) is 2. The average molecular weight is 362 g/mol. The summed E-state index contributed by atoms with van der Waals surface area (Å²) < 4.78 is 0. The quantitative estimate of drug-likeness (QED) is 0.383. The molecule has 0 saturated heterocycles. The van der Waals surface area contributed by atoms with Gasteiger partial charge in [-0.05, 0) is 42.8 Å². The number of rotatable bonds is 7. The molecule has 6 heteroatoms. The highest BCUT2D eigenvalue weighted by Crippen LogP contribution is 2.17. The predicted octanol–water partition coefficient (Wildman–Crippen LogP) is 3.51. The van der Waals surface area contributed by atoms with Crippen LogP contribution in [0.1, 0.15) is 22.8 Å². The van der Waals surface area contributed by atoms with Gasteiger partial charge in [0.2, 0.25) is 0 Å². The molecule has 0 unspecified atom stereocenters. The van der Waals surface area contributed by atoms with Crippen LogP contribution in [-0.2, 0) is 4.84 Å². The van der Waals surface area contributed by atoms with Crippen molar-refractivity contribution in [2.45, 2.75) is 6.92 Å². The van der Waals surface area contributed by atoms with Crippen molar-refractivity contribution in [2.75, 3.05) is 13.1 Å². The molecule has 0 saturated carbocycles. The Balaban J connectivity index is 1.84. The minimum Gasteiger partial charge on any atom is -0.377 e.